The molecule has 0 aliphatic carbocycles. The highest BCUT2D eigenvalue weighted by molar-refractivity contribution is 6.06. The number of benzene rings is 2. The van der Waals surface area contributed by atoms with Crippen LogP contribution in [0.15, 0.2) is 54.9 Å². The molecule has 0 unspecified atom stereocenters. The smallest absolute Gasteiger partial charge is 0.258 e. The number of para-hydroxylation sites is 1. The minimum Gasteiger partial charge on any atom is -0.321 e. The zero-order valence-corrected chi connectivity index (χ0v) is 11.3. The normalized spacial score (nSPS) is 10.5. The van der Waals surface area contributed by atoms with E-state index in [0.717, 1.165) is 6.07 Å². The molecule has 4 nitrogen and oxygen atoms in total. The minimum atomic E-state index is -0.690. The quantitative estimate of drug-likeness (QED) is 0.776. The van der Waals surface area contributed by atoms with Crippen molar-refractivity contribution in [1.29, 1.82) is 0 Å². The Balaban J connectivity index is 1.98. The van der Waals surface area contributed by atoms with Gasteiger partial charge in [-0.3, -0.25) is 9.89 Å². The van der Waals surface area contributed by atoms with Gasteiger partial charge in [0.25, 0.3) is 5.91 Å². The number of nitrogens with zero attached hydrogens (tertiary/aromatic N) is 1. The third-order valence-electron chi connectivity index (χ3n) is 3.16. The van der Waals surface area contributed by atoms with E-state index in [2.05, 4.69) is 15.5 Å². The molecule has 0 saturated carbocycles. The molecule has 3 aromatic rings. The summed E-state index contributed by atoms with van der Waals surface area (Å²) in [4.78, 5) is 12.1. The summed E-state index contributed by atoms with van der Waals surface area (Å²) in [7, 11) is 0. The van der Waals surface area contributed by atoms with Crippen molar-refractivity contribution in [3.63, 3.8) is 0 Å². The summed E-state index contributed by atoms with van der Waals surface area (Å²) < 4.78 is 27.0. The molecule has 1 amide bonds. The van der Waals surface area contributed by atoms with Gasteiger partial charge in [-0.1, -0.05) is 18.2 Å². The first-order chi connectivity index (χ1) is 10.6. The van der Waals surface area contributed by atoms with Crippen LogP contribution in [0, 0.1) is 11.6 Å². The Labute approximate surface area is 124 Å². The highest BCUT2D eigenvalue weighted by atomic mass is 19.1. The van der Waals surface area contributed by atoms with Gasteiger partial charge < -0.3 is 5.32 Å². The number of nitrogens with one attached hydrogen (secondary N) is 2. The molecule has 2 aromatic carbocycles. The number of carbonyl (C=O) groups excluding carboxylic acids is 1. The molecule has 6 heteroatoms. The predicted octanol–water partition coefficient (Wildman–Crippen LogP) is 3.61. The Morgan fingerprint density at radius 3 is 2.64 bits per heavy atom. The second kappa shape index (κ2) is 5.77. The molecular weight excluding hydrogens is 288 g/mol. The summed E-state index contributed by atoms with van der Waals surface area (Å²) >= 11 is 0. The number of anilines is 1. The lowest BCUT2D eigenvalue weighted by atomic mass is 10.0. The van der Waals surface area contributed by atoms with Crippen LogP contribution >= 0.6 is 0 Å². The molecule has 1 aromatic heterocycles. The van der Waals surface area contributed by atoms with Gasteiger partial charge in [0.1, 0.15) is 11.6 Å². The molecular formula is C16H11F2N3O. The van der Waals surface area contributed by atoms with Crippen molar-refractivity contribution in [2.75, 3.05) is 5.32 Å². The van der Waals surface area contributed by atoms with Crippen molar-refractivity contribution in [3.8, 4) is 11.1 Å². The first kappa shape index (κ1) is 13.9. The molecule has 0 radical (unpaired) electrons. The van der Waals surface area contributed by atoms with Gasteiger partial charge in [0, 0.05) is 29.1 Å². The van der Waals surface area contributed by atoms with Crippen LogP contribution in [0.4, 0.5) is 14.5 Å². The zero-order chi connectivity index (χ0) is 15.5. The van der Waals surface area contributed by atoms with Crippen LogP contribution in [0.25, 0.3) is 11.1 Å². The number of H-pyrrole nitrogens is 1. The maximum absolute atomic E-state index is 14.0. The molecule has 0 atom stereocenters. The van der Waals surface area contributed by atoms with Crippen LogP contribution in [0.3, 0.4) is 0 Å². The number of halogens is 2. The maximum Gasteiger partial charge on any atom is 0.258 e. The second-order valence-corrected chi connectivity index (χ2v) is 4.61. The second-order valence-electron chi connectivity index (χ2n) is 4.61. The van der Waals surface area contributed by atoms with E-state index in [4.69, 9.17) is 0 Å². The van der Waals surface area contributed by atoms with Crippen molar-refractivity contribution in [1.82, 2.24) is 10.2 Å². The molecule has 0 bridgehead atoms. The maximum atomic E-state index is 14.0. The lowest BCUT2D eigenvalue weighted by Crippen LogP contribution is -2.11. The lowest BCUT2D eigenvalue weighted by molar-refractivity contribution is 0.102. The van der Waals surface area contributed by atoms with Crippen LogP contribution in [0.5, 0.6) is 0 Å². The van der Waals surface area contributed by atoms with Crippen molar-refractivity contribution >= 4 is 11.6 Å². The van der Waals surface area contributed by atoms with Gasteiger partial charge in [0.05, 0.1) is 11.8 Å². The Morgan fingerprint density at radius 1 is 1.09 bits per heavy atom. The standard InChI is InChI=1S/C16H11F2N3O/c17-11-5-6-12(14(18)7-11)13-3-1-2-4-15(13)21-16(22)10-8-19-20-9-10/h1-9H,(H,19,20)(H,21,22). The van der Waals surface area contributed by atoms with Crippen LogP contribution < -0.4 is 5.32 Å². The first-order valence-corrected chi connectivity index (χ1v) is 6.50. The Bertz CT molecular complexity index is 816. The van der Waals surface area contributed by atoms with E-state index < -0.39 is 11.6 Å². The largest absolute Gasteiger partial charge is 0.321 e. The third-order valence-corrected chi connectivity index (χ3v) is 3.16. The summed E-state index contributed by atoms with van der Waals surface area (Å²) in [6, 6.07) is 10.1. The highest BCUT2D eigenvalue weighted by Crippen LogP contribution is 2.30. The molecule has 1 heterocycles. The number of rotatable bonds is 3. The lowest BCUT2D eigenvalue weighted by Gasteiger charge is -2.11. The van der Waals surface area contributed by atoms with Gasteiger partial charge >= 0.3 is 0 Å². The molecule has 0 saturated heterocycles. The summed E-state index contributed by atoms with van der Waals surface area (Å²) in [5.74, 6) is -1.71. The van der Waals surface area contributed by atoms with Gasteiger partial charge in [0.2, 0.25) is 0 Å². The van der Waals surface area contributed by atoms with Crippen molar-refractivity contribution in [3.05, 3.63) is 72.1 Å². The average molecular weight is 299 g/mol. The van der Waals surface area contributed by atoms with Gasteiger partial charge in [-0.15, -0.1) is 0 Å². The van der Waals surface area contributed by atoms with Crippen LogP contribution in [-0.2, 0) is 0 Å². The summed E-state index contributed by atoms with van der Waals surface area (Å²) in [5, 5.41) is 8.94. The number of hydrogen-bond acceptors (Lipinski definition) is 2. The highest BCUT2D eigenvalue weighted by Gasteiger charge is 2.13. The molecule has 2 N–H and O–H groups in total. The molecule has 3 rings (SSSR count). The van der Waals surface area contributed by atoms with E-state index in [1.165, 1.54) is 24.5 Å². The van der Waals surface area contributed by atoms with Crippen molar-refractivity contribution in [2.45, 2.75) is 0 Å². The fraction of sp³-hybridized carbons (Fsp3) is 0. The number of aromatic nitrogens is 2. The Kier molecular flexibility index (Phi) is 3.65. The van der Waals surface area contributed by atoms with E-state index in [1.54, 1.807) is 24.3 Å². The van der Waals surface area contributed by atoms with Gasteiger partial charge in [0.15, 0.2) is 0 Å². The van der Waals surface area contributed by atoms with E-state index in [-0.39, 0.29) is 11.5 Å². The number of amides is 1. The van der Waals surface area contributed by atoms with E-state index in [9.17, 15) is 13.6 Å². The van der Waals surface area contributed by atoms with Gasteiger partial charge in [-0.25, -0.2) is 8.78 Å². The third kappa shape index (κ3) is 2.71. The predicted molar refractivity (Wildman–Crippen MR) is 78.3 cm³/mol. The molecule has 0 aliphatic rings. The van der Waals surface area contributed by atoms with Gasteiger partial charge in [-0.2, -0.15) is 5.10 Å². The monoisotopic (exact) mass is 299 g/mol. The van der Waals surface area contributed by atoms with E-state index in [0.29, 0.717) is 16.8 Å². The van der Waals surface area contributed by atoms with Crippen molar-refractivity contribution < 1.29 is 13.6 Å². The molecule has 0 spiro atoms. The molecule has 0 aliphatic heterocycles. The Hall–Kier alpha value is -3.02. The fourth-order valence-electron chi connectivity index (χ4n) is 2.10. The van der Waals surface area contributed by atoms with E-state index in [1.807, 2.05) is 0 Å². The van der Waals surface area contributed by atoms with Gasteiger partial charge in [-0.05, 0) is 18.2 Å². The fourth-order valence-corrected chi connectivity index (χ4v) is 2.10. The summed E-state index contributed by atoms with van der Waals surface area (Å²) in [6.07, 6.45) is 2.84. The minimum absolute atomic E-state index is 0.212. The Morgan fingerprint density at radius 2 is 1.91 bits per heavy atom. The number of aromatic amines is 1. The first-order valence-electron chi connectivity index (χ1n) is 6.50. The molecule has 0 fully saturated rings. The van der Waals surface area contributed by atoms with E-state index >= 15 is 0 Å². The molecule has 110 valence electrons. The summed E-state index contributed by atoms with van der Waals surface area (Å²) in [6.45, 7) is 0. The zero-order valence-electron chi connectivity index (χ0n) is 11.3. The topological polar surface area (TPSA) is 57.8 Å². The SMILES string of the molecule is O=C(Nc1ccccc1-c1ccc(F)cc1F)c1cn[nH]c1. The van der Waals surface area contributed by atoms with Crippen LogP contribution in [-0.4, -0.2) is 16.1 Å². The van der Waals surface area contributed by atoms with Crippen LogP contribution in [0.2, 0.25) is 0 Å². The average Bonchev–Trinajstić information content (AvgIpc) is 3.03. The molecule has 22 heavy (non-hydrogen) atoms. The number of carbonyl (C=O) groups is 1. The van der Waals surface area contributed by atoms with Crippen molar-refractivity contribution in [2.24, 2.45) is 0 Å². The summed E-state index contributed by atoms with van der Waals surface area (Å²) in [5.41, 5.74) is 1.47. The number of hydrogen-bond donors (Lipinski definition) is 2. The van der Waals surface area contributed by atoms with Crippen LogP contribution in [0.1, 0.15) is 10.4 Å².